The molecule has 3 aromatic rings. The van der Waals surface area contributed by atoms with Crippen molar-refractivity contribution in [3.05, 3.63) is 100 Å². The van der Waals surface area contributed by atoms with Crippen LogP contribution in [0, 0.1) is 0 Å². The predicted octanol–water partition coefficient (Wildman–Crippen LogP) is 5.86. The third kappa shape index (κ3) is 4.18. The number of Topliss-reactive ketones (excluding diaryl/α,β-unsaturated/α-hetero) is 1. The van der Waals surface area contributed by atoms with Gasteiger partial charge in [0.1, 0.15) is 11.5 Å². The molecule has 3 aromatic carbocycles. The van der Waals surface area contributed by atoms with Crippen molar-refractivity contribution in [2.24, 2.45) is 0 Å². The van der Waals surface area contributed by atoms with Crippen molar-refractivity contribution in [1.29, 1.82) is 0 Å². The summed E-state index contributed by atoms with van der Waals surface area (Å²) in [4.78, 5) is 27.7. The van der Waals surface area contributed by atoms with E-state index in [0.29, 0.717) is 22.6 Å². The van der Waals surface area contributed by atoms with Gasteiger partial charge >= 0.3 is 0 Å². The van der Waals surface area contributed by atoms with Gasteiger partial charge in [-0.1, -0.05) is 58.4 Å². The van der Waals surface area contributed by atoms with Crippen LogP contribution in [-0.4, -0.2) is 22.9 Å². The number of hydrogen-bond acceptors (Lipinski definition) is 4. The van der Waals surface area contributed by atoms with E-state index in [1.54, 1.807) is 48.5 Å². The molecule has 0 radical (unpaired) electrons. The SMILES string of the molecule is CC(C)Oc1cccc(/C(O)=C2/C(=O)C(=O)N(c3ccccc3)C2c2ccc(Br)cc2)c1. The van der Waals surface area contributed by atoms with Gasteiger partial charge in [0.2, 0.25) is 0 Å². The Morgan fingerprint density at radius 2 is 1.66 bits per heavy atom. The molecular formula is C26H22BrNO4. The second-order valence-electron chi connectivity index (χ2n) is 7.75. The van der Waals surface area contributed by atoms with Crippen molar-refractivity contribution in [1.82, 2.24) is 0 Å². The van der Waals surface area contributed by atoms with Gasteiger partial charge in [0.15, 0.2) is 0 Å². The first-order chi connectivity index (χ1) is 15.4. The summed E-state index contributed by atoms with van der Waals surface area (Å²) >= 11 is 3.42. The van der Waals surface area contributed by atoms with E-state index in [2.05, 4.69) is 15.9 Å². The molecule has 162 valence electrons. The largest absolute Gasteiger partial charge is 0.507 e. The minimum absolute atomic E-state index is 0.0428. The average Bonchev–Trinajstić information content (AvgIpc) is 3.05. The third-order valence-corrected chi connectivity index (χ3v) is 5.67. The van der Waals surface area contributed by atoms with Crippen molar-refractivity contribution < 1.29 is 19.4 Å². The van der Waals surface area contributed by atoms with Gasteiger partial charge < -0.3 is 9.84 Å². The van der Waals surface area contributed by atoms with Crippen molar-refractivity contribution in [2.75, 3.05) is 4.90 Å². The average molecular weight is 492 g/mol. The number of benzene rings is 3. The molecule has 1 N–H and O–H groups in total. The number of carbonyl (C=O) groups is 2. The Balaban J connectivity index is 1.90. The summed E-state index contributed by atoms with van der Waals surface area (Å²) in [5.41, 5.74) is 1.75. The zero-order chi connectivity index (χ0) is 22.8. The number of halogens is 1. The summed E-state index contributed by atoms with van der Waals surface area (Å²) in [6, 6.07) is 22.5. The topological polar surface area (TPSA) is 66.8 Å². The van der Waals surface area contributed by atoms with Crippen LogP contribution in [0.4, 0.5) is 5.69 Å². The molecule has 6 heteroatoms. The van der Waals surface area contributed by atoms with Crippen molar-refractivity contribution in [2.45, 2.75) is 26.0 Å². The Hall–Kier alpha value is -3.38. The van der Waals surface area contributed by atoms with Crippen LogP contribution in [-0.2, 0) is 9.59 Å². The molecule has 1 amide bonds. The summed E-state index contributed by atoms with van der Waals surface area (Å²) in [7, 11) is 0. The number of ether oxygens (including phenoxy) is 1. The van der Waals surface area contributed by atoms with E-state index < -0.39 is 17.7 Å². The molecule has 1 aliphatic heterocycles. The van der Waals surface area contributed by atoms with Crippen LogP contribution < -0.4 is 9.64 Å². The molecule has 32 heavy (non-hydrogen) atoms. The molecule has 1 atom stereocenters. The number of aliphatic hydroxyl groups is 1. The summed E-state index contributed by atoms with van der Waals surface area (Å²) in [6.07, 6.45) is -0.0428. The zero-order valence-electron chi connectivity index (χ0n) is 17.7. The highest BCUT2D eigenvalue weighted by atomic mass is 79.9. The number of ketones is 1. The molecular weight excluding hydrogens is 470 g/mol. The summed E-state index contributed by atoms with van der Waals surface area (Å²) in [5.74, 6) is -1.07. The zero-order valence-corrected chi connectivity index (χ0v) is 19.2. The van der Waals surface area contributed by atoms with E-state index in [1.807, 2.05) is 44.2 Å². The minimum Gasteiger partial charge on any atom is -0.507 e. The maximum Gasteiger partial charge on any atom is 0.300 e. The number of carbonyl (C=O) groups excluding carboxylic acids is 2. The first kappa shape index (κ1) is 21.8. The Labute approximate surface area is 195 Å². The smallest absolute Gasteiger partial charge is 0.300 e. The van der Waals surface area contributed by atoms with Gasteiger partial charge in [-0.25, -0.2) is 0 Å². The molecule has 1 aliphatic rings. The van der Waals surface area contributed by atoms with Gasteiger partial charge in [-0.15, -0.1) is 0 Å². The molecule has 0 spiro atoms. The molecule has 0 aromatic heterocycles. The van der Waals surface area contributed by atoms with E-state index in [1.165, 1.54) is 4.90 Å². The second kappa shape index (κ2) is 9.01. The standard InChI is InChI=1S/C26H22BrNO4/c1-16(2)32-21-10-6-7-18(15-21)24(29)22-23(17-11-13-19(27)14-12-17)28(26(31)25(22)30)20-8-4-3-5-9-20/h3-16,23,29H,1-2H3/b24-22-. The van der Waals surface area contributed by atoms with E-state index in [4.69, 9.17) is 4.74 Å². The third-order valence-electron chi connectivity index (χ3n) is 5.14. The molecule has 4 rings (SSSR count). The molecule has 1 fully saturated rings. The quantitative estimate of drug-likeness (QED) is 0.275. The van der Waals surface area contributed by atoms with E-state index in [0.717, 1.165) is 4.47 Å². The van der Waals surface area contributed by atoms with Gasteiger partial charge in [0.25, 0.3) is 11.7 Å². The minimum atomic E-state index is -0.764. The maximum atomic E-state index is 13.2. The second-order valence-corrected chi connectivity index (χ2v) is 8.67. The molecule has 1 unspecified atom stereocenters. The fraction of sp³-hybridized carbons (Fsp3) is 0.154. The van der Waals surface area contributed by atoms with Gasteiger partial charge in [-0.3, -0.25) is 14.5 Å². The van der Waals surface area contributed by atoms with E-state index >= 15 is 0 Å². The summed E-state index contributed by atoms with van der Waals surface area (Å²) in [5, 5.41) is 11.2. The molecule has 0 aliphatic carbocycles. The molecule has 0 saturated carbocycles. The highest BCUT2D eigenvalue weighted by Crippen LogP contribution is 2.42. The summed E-state index contributed by atoms with van der Waals surface area (Å²) in [6.45, 7) is 3.82. The van der Waals surface area contributed by atoms with Crippen LogP contribution in [0.1, 0.15) is 31.0 Å². The van der Waals surface area contributed by atoms with Crippen LogP contribution in [0.25, 0.3) is 5.76 Å². The molecule has 1 heterocycles. The number of nitrogens with zero attached hydrogens (tertiary/aromatic N) is 1. The van der Waals surface area contributed by atoms with Gasteiger partial charge in [-0.2, -0.15) is 0 Å². The fourth-order valence-electron chi connectivity index (χ4n) is 3.79. The monoisotopic (exact) mass is 491 g/mol. The maximum absolute atomic E-state index is 13.2. The van der Waals surface area contributed by atoms with Crippen molar-refractivity contribution in [3.8, 4) is 5.75 Å². The lowest BCUT2D eigenvalue weighted by Gasteiger charge is -2.25. The van der Waals surface area contributed by atoms with Crippen LogP contribution in [0.15, 0.2) is 88.9 Å². The Morgan fingerprint density at radius 3 is 2.31 bits per heavy atom. The van der Waals surface area contributed by atoms with Gasteiger partial charge in [0, 0.05) is 15.7 Å². The number of aliphatic hydroxyl groups excluding tert-OH is 1. The number of rotatable bonds is 5. The first-order valence-electron chi connectivity index (χ1n) is 10.3. The number of amides is 1. The van der Waals surface area contributed by atoms with E-state index in [-0.39, 0.29) is 17.4 Å². The normalized spacial score (nSPS) is 17.8. The Bertz CT molecular complexity index is 1190. The lowest BCUT2D eigenvalue weighted by molar-refractivity contribution is -0.132. The van der Waals surface area contributed by atoms with Crippen LogP contribution in [0.2, 0.25) is 0 Å². The van der Waals surface area contributed by atoms with Crippen LogP contribution in [0.5, 0.6) is 5.75 Å². The van der Waals surface area contributed by atoms with E-state index in [9.17, 15) is 14.7 Å². The van der Waals surface area contributed by atoms with Gasteiger partial charge in [0.05, 0.1) is 17.7 Å². The number of hydrogen-bond donors (Lipinski definition) is 1. The number of para-hydroxylation sites is 1. The lowest BCUT2D eigenvalue weighted by atomic mass is 9.95. The molecule has 1 saturated heterocycles. The Kier molecular flexibility index (Phi) is 6.15. The highest BCUT2D eigenvalue weighted by Gasteiger charge is 2.46. The number of anilines is 1. The van der Waals surface area contributed by atoms with Crippen LogP contribution >= 0.6 is 15.9 Å². The van der Waals surface area contributed by atoms with Gasteiger partial charge in [-0.05, 0) is 55.8 Å². The molecule has 5 nitrogen and oxygen atoms in total. The first-order valence-corrected chi connectivity index (χ1v) is 11.0. The Morgan fingerprint density at radius 1 is 0.969 bits per heavy atom. The lowest BCUT2D eigenvalue weighted by Crippen LogP contribution is -2.29. The summed E-state index contributed by atoms with van der Waals surface area (Å²) < 4.78 is 6.60. The highest BCUT2D eigenvalue weighted by molar-refractivity contribution is 9.10. The predicted molar refractivity (Wildman–Crippen MR) is 128 cm³/mol. The molecule has 0 bridgehead atoms. The van der Waals surface area contributed by atoms with Crippen molar-refractivity contribution in [3.63, 3.8) is 0 Å². The fourth-order valence-corrected chi connectivity index (χ4v) is 4.06. The van der Waals surface area contributed by atoms with Crippen LogP contribution in [0.3, 0.4) is 0 Å². The van der Waals surface area contributed by atoms with Crippen molar-refractivity contribution >= 4 is 39.1 Å².